The van der Waals surface area contributed by atoms with Crippen molar-refractivity contribution in [1.82, 2.24) is 20.9 Å². The summed E-state index contributed by atoms with van der Waals surface area (Å²) in [7, 11) is 0. The van der Waals surface area contributed by atoms with Gasteiger partial charge in [-0.25, -0.2) is 0 Å². The van der Waals surface area contributed by atoms with Gasteiger partial charge in [-0.05, 0) is 42.2 Å². The Morgan fingerprint density at radius 2 is 1.97 bits per heavy atom. The minimum absolute atomic E-state index is 0.0839. The Kier molecular flexibility index (Phi) is 6.43. The number of aromatic nitrogens is 1. The fourth-order valence-corrected chi connectivity index (χ4v) is 3.94. The molecule has 6 nitrogen and oxygen atoms in total. The molecule has 2 amide bonds. The lowest BCUT2D eigenvalue weighted by Gasteiger charge is -2.33. The van der Waals surface area contributed by atoms with Crippen LogP contribution in [0.3, 0.4) is 0 Å². The molecule has 2 aliphatic rings. The van der Waals surface area contributed by atoms with Crippen LogP contribution >= 0.6 is 0 Å². The van der Waals surface area contributed by atoms with E-state index in [1.165, 1.54) is 12.1 Å². The average Bonchev–Trinajstić information content (AvgIpc) is 3.61. The van der Waals surface area contributed by atoms with E-state index in [2.05, 4.69) is 20.9 Å². The summed E-state index contributed by atoms with van der Waals surface area (Å²) >= 11 is 0. The van der Waals surface area contributed by atoms with Gasteiger partial charge in [-0.15, -0.1) is 0 Å². The van der Waals surface area contributed by atoms with Gasteiger partial charge in [-0.3, -0.25) is 19.9 Å². The van der Waals surface area contributed by atoms with E-state index in [4.69, 9.17) is 0 Å². The SMILES string of the molecule is CC(C)C(=O)NCc1ccc(C(F)(F)F)c(C2NC(=O)CC(c3ccc(C4CC4)nc3)N2)c1. The zero-order valence-electron chi connectivity index (χ0n) is 18.5. The van der Waals surface area contributed by atoms with Gasteiger partial charge >= 0.3 is 6.18 Å². The first-order valence-electron chi connectivity index (χ1n) is 11.1. The van der Waals surface area contributed by atoms with Crippen molar-refractivity contribution < 1.29 is 22.8 Å². The molecule has 4 rings (SSSR count). The molecule has 2 aromatic rings. The molecule has 33 heavy (non-hydrogen) atoms. The van der Waals surface area contributed by atoms with E-state index >= 15 is 0 Å². The first-order chi connectivity index (χ1) is 15.6. The Hall–Kier alpha value is -2.94. The third-order valence-electron chi connectivity index (χ3n) is 5.99. The highest BCUT2D eigenvalue weighted by atomic mass is 19.4. The third kappa shape index (κ3) is 5.52. The molecule has 1 saturated heterocycles. The first-order valence-corrected chi connectivity index (χ1v) is 11.1. The van der Waals surface area contributed by atoms with Crippen molar-refractivity contribution in [2.24, 2.45) is 5.92 Å². The standard InChI is InChI=1S/C24H27F3N4O2/c1-13(2)23(33)29-11-14-3-7-18(24(25,26)27)17(9-14)22-30-20(10-21(32)31-22)16-6-8-19(28-12-16)15-4-5-15/h3,6-9,12-13,15,20,22,30H,4-5,10-11H2,1-2H3,(H,29,33)(H,31,32). The third-order valence-corrected chi connectivity index (χ3v) is 5.99. The lowest BCUT2D eigenvalue weighted by Crippen LogP contribution is -2.47. The lowest BCUT2D eigenvalue weighted by molar-refractivity contribution is -0.139. The summed E-state index contributed by atoms with van der Waals surface area (Å²) in [5.74, 6) is -0.286. The summed E-state index contributed by atoms with van der Waals surface area (Å²) in [5.41, 5.74) is 1.36. The molecular weight excluding hydrogens is 433 g/mol. The highest BCUT2D eigenvalue weighted by molar-refractivity contribution is 5.78. The second kappa shape index (κ2) is 9.13. The number of nitrogens with one attached hydrogen (secondary N) is 3. The Morgan fingerprint density at radius 1 is 1.21 bits per heavy atom. The number of amides is 2. The minimum atomic E-state index is -4.60. The highest BCUT2D eigenvalue weighted by Crippen LogP contribution is 2.40. The zero-order chi connectivity index (χ0) is 23.8. The maximum absolute atomic E-state index is 13.8. The van der Waals surface area contributed by atoms with E-state index in [0.717, 1.165) is 30.2 Å². The molecule has 0 bridgehead atoms. The number of carbonyl (C=O) groups is 2. The number of hydrogen-bond acceptors (Lipinski definition) is 4. The van der Waals surface area contributed by atoms with E-state index < -0.39 is 23.9 Å². The fourth-order valence-electron chi connectivity index (χ4n) is 3.94. The van der Waals surface area contributed by atoms with Gasteiger partial charge in [0.2, 0.25) is 11.8 Å². The van der Waals surface area contributed by atoms with Crippen molar-refractivity contribution >= 4 is 11.8 Å². The van der Waals surface area contributed by atoms with Crippen LogP contribution in [0.1, 0.15) is 79.2 Å². The summed E-state index contributed by atoms with van der Waals surface area (Å²) in [6.45, 7) is 3.57. The van der Waals surface area contributed by atoms with E-state index in [9.17, 15) is 22.8 Å². The molecule has 3 N–H and O–H groups in total. The molecule has 1 saturated carbocycles. The molecule has 0 radical (unpaired) electrons. The molecule has 1 aromatic carbocycles. The van der Waals surface area contributed by atoms with Gasteiger partial charge in [0.15, 0.2) is 0 Å². The number of alkyl halides is 3. The predicted molar refractivity (Wildman–Crippen MR) is 116 cm³/mol. The summed E-state index contributed by atoms with van der Waals surface area (Å²) in [6, 6.07) is 7.07. The Balaban J connectivity index is 1.59. The highest BCUT2D eigenvalue weighted by Gasteiger charge is 2.38. The van der Waals surface area contributed by atoms with Gasteiger partial charge in [-0.2, -0.15) is 13.2 Å². The fraction of sp³-hybridized carbons (Fsp3) is 0.458. The topological polar surface area (TPSA) is 83.1 Å². The van der Waals surface area contributed by atoms with E-state index in [1.54, 1.807) is 20.0 Å². The van der Waals surface area contributed by atoms with Gasteiger partial charge in [-0.1, -0.05) is 26.0 Å². The van der Waals surface area contributed by atoms with Crippen molar-refractivity contribution in [2.45, 2.75) is 64.0 Å². The molecule has 0 spiro atoms. The van der Waals surface area contributed by atoms with Crippen LogP contribution in [-0.2, 0) is 22.3 Å². The van der Waals surface area contributed by atoms with Crippen molar-refractivity contribution in [3.05, 3.63) is 64.5 Å². The van der Waals surface area contributed by atoms with Crippen LogP contribution in [-0.4, -0.2) is 16.8 Å². The Morgan fingerprint density at radius 3 is 2.58 bits per heavy atom. The summed E-state index contributed by atoms with van der Waals surface area (Å²) in [6.07, 6.45) is -1.59. The molecule has 1 aliphatic carbocycles. The molecule has 2 fully saturated rings. The molecule has 2 heterocycles. The lowest BCUT2D eigenvalue weighted by atomic mass is 9.96. The zero-order valence-corrected chi connectivity index (χ0v) is 18.5. The number of benzene rings is 1. The first kappa shape index (κ1) is 23.2. The van der Waals surface area contributed by atoms with Crippen molar-refractivity contribution in [1.29, 1.82) is 0 Å². The van der Waals surface area contributed by atoms with Crippen molar-refractivity contribution in [3.8, 4) is 0 Å². The number of carbonyl (C=O) groups excluding carboxylic acids is 2. The van der Waals surface area contributed by atoms with Gasteiger partial charge < -0.3 is 10.6 Å². The van der Waals surface area contributed by atoms with Crippen molar-refractivity contribution in [2.75, 3.05) is 0 Å². The average molecular weight is 461 g/mol. The summed E-state index contributed by atoms with van der Waals surface area (Å²) in [4.78, 5) is 28.8. The number of halogens is 3. The normalized spacial score (nSPS) is 21.1. The van der Waals surface area contributed by atoms with Crippen molar-refractivity contribution in [3.63, 3.8) is 0 Å². The summed E-state index contributed by atoms with van der Waals surface area (Å²) in [5, 5.41) is 8.49. The quantitative estimate of drug-likeness (QED) is 0.606. The smallest absolute Gasteiger partial charge is 0.352 e. The second-order valence-corrected chi connectivity index (χ2v) is 9.01. The predicted octanol–water partition coefficient (Wildman–Crippen LogP) is 4.10. The number of nitrogens with zero attached hydrogens (tertiary/aromatic N) is 1. The number of hydrogen-bond donors (Lipinski definition) is 3. The van der Waals surface area contributed by atoms with E-state index in [-0.39, 0.29) is 36.3 Å². The molecule has 1 aliphatic heterocycles. The van der Waals surface area contributed by atoms with Crippen LogP contribution in [0.15, 0.2) is 36.5 Å². The van der Waals surface area contributed by atoms with Crippen LogP contribution < -0.4 is 16.0 Å². The molecule has 2 atom stereocenters. The van der Waals surface area contributed by atoms with Crippen LogP contribution in [0, 0.1) is 5.92 Å². The summed E-state index contributed by atoms with van der Waals surface area (Å²) < 4.78 is 41.3. The Bertz CT molecular complexity index is 1030. The minimum Gasteiger partial charge on any atom is -0.352 e. The molecule has 176 valence electrons. The van der Waals surface area contributed by atoms with Gasteiger partial charge in [0, 0.05) is 48.3 Å². The van der Waals surface area contributed by atoms with Crippen LogP contribution in [0.4, 0.5) is 13.2 Å². The number of pyridine rings is 1. The molecule has 2 unspecified atom stereocenters. The monoisotopic (exact) mass is 460 g/mol. The largest absolute Gasteiger partial charge is 0.416 e. The van der Waals surface area contributed by atoms with Gasteiger partial charge in [0.25, 0.3) is 0 Å². The van der Waals surface area contributed by atoms with Gasteiger partial charge in [0.1, 0.15) is 6.17 Å². The molecule has 1 aromatic heterocycles. The Labute approximate surface area is 190 Å². The molecule has 9 heteroatoms. The van der Waals surface area contributed by atoms with Crippen LogP contribution in [0.25, 0.3) is 0 Å². The van der Waals surface area contributed by atoms with Gasteiger partial charge in [0.05, 0.1) is 5.56 Å². The maximum atomic E-state index is 13.8. The molecular formula is C24H27F3N4O2. The maximum Gasteiger partial charge on any atom is 0.416 e. The van der Waals surface area contributed by atoms with Crippen LogP contribution in [0.2, 0.25) is 0 Å². The van der Waals surface area contributed by atoms with E-state index in [0.29, 0.717) is 11.5 Å². The second-order valence-electron chi connectivity index (χ2n) is 9.01. The van der Waals surface area contributed by atoms with E-state index in [1.807, 2.05) is 12.1 Å². The number of rotatable bonds is 6. The van der Waals surface area contributed by atoms with Crippen LogP contribution in [0.5, 0.6) is 0 Å².